The molecule has 0 fully saturated rings. The maximum Gasteiger partial charge on any atom is 0.0720 e. The van der Waals surface area contributed by atoms with Gasteiger partial charge in [-0.05, 0) is 114 Å². The summed E-state index contributed by atoms with van der Waals surface area (Å²) in [7, 11) is 0. The Labute approximate surface area is 404 Å². The van der Waals surface area contributed by atoms with Gasteiger partial charge < -0.3 is 4.90 Å². The fraction of sp³-hybridized carbons (Fsp3) is 0.0294. The highest BCUT2D eigenvalue weighted by molar-refractivity contribution is 5.94. The van der Waals surface area contributed by atoms with Crippen LogP contribution in [0.2, 0.25) is 0 Å². The lowest BCUT2D eigenvalue weighted by Gasteiger charge is -2.49. The van der Waals surface area contributed by atoms with Crippen LogP contribution < -0.4 is 4.90 Å². The molecule has 0 saturated carbocycles. The summed E-state index contributed by atoms with van der Waals surface area (Å²) in [6.45, 7) is 0. The van der Waals surface area contributed by atoms with Crippen LogP contribution in [0.4, 0.5) is 17.1 Å². The Morgan fingerprint density at radius 2 is 0.638 bits per heavy atom. The summed E-state index contributed by atoms with van der Waals surface area (Å²) in [5.74, 6) is 0. The normalized spacial score (nSPS) is 16.2. The Hall–Kier alpha value is -8.78. The van der Waals surface area contributed by atoms with Crippen molar-refractivity contribution in [2.24, 2.45) is 0 Å². The summed E-state index contributed by atoms with van der Waals surface area (Å²) in [5.41, 5.74) is 22.1. The predicted molar refractivity (Wildman–Crippen MR) is 287 cm³/mol. The monoisotopic (exact) mass is 877 g/mol. The van der Waals surface area contributed by atoms with Gasteiger partial charge in [0.05, 0.1) is 16.5 Å². The van der Waals surface area contributed by atoms with Gasteiger partial charge in [0.1, 0.15) is 0 Å². The third-order valence-electron chi connectivity index (χ3n) is 14.8. The second-order valence-corrected chi connectivity index (χ2v) is 18.3. The van der Waals surface area contributed by atoms with Gasteiger partial charge in [0, 0.05) is 16.9 Å². The van der Waals surface area contributed by atoms with E-state index >= 15 is 0 Å². The fourth-order valence-corrected chi connectivity index (χ4v) is 12.0. The van der Waals surface area contributed by atoms with Gasteiger partial charge in [-0.2, -0.15) is 0 Å². The number of anilines is 3. The molecule has 0 saturated heterocycles. The molecule has 0 heterocycles. The molecule has 2 aliphatic carbocycles. The molecule has 2 unspecified atom stereocenters. The van der Waals surface area contributed by atoms with Crippen molar-refractivity contribution in [2.75, 3.05) is 4.90 Å². The van der Waals surface area contributed by atoms with Gasteiger partial charge in [0.2, 0.25) is 0 Å². The second kappa shape index (κ2) is 16.5. The minimum atomic E-state index is -0.646. The molecule has 0 N–H and O–H groups in total. The maximum absolute atomic E-state index is 2.45. The van der Waals surface area contributed by atoms with Gasteiger partial charge in [-0.1, -0.05) is 255 Å². The lowest BCUT2D eigenvalue weighted by Crippen LogP contribution is -2.44. The predicted octanol–water partition coefficient (Wildman–Crippen LogP) is 17.2. The lowest BCUT2D eigenvalue weighted by atomic mass is 9.52. The van der Waals surface area contributed by atoms with Crippen molar-refractivity contribution in [3.8, 4) is 44.5 Å². The lowest BCUT2D eigenvalue weighted by molar-refractivity contribution is 0.626. The second-order valence-electron chi connectivity index (χ2n) is 18.3. The van der Waals surface area contributed by atoms with Crippen LogP contribution in [0.3, 0.4) is 0 Å². The Balaban J connectivity index is 1.06. The van der Waals surface area contributed by atoms with Crippen molar-refractivity contribution in [3.63, 3.8) is 0 Å². The zero-order valence-electron chi connectivity index (χ0n) is 38.1. The molecule has 0 spiro atoms. The van der Waals surface area contributed by atoms with Gasteiger partial charge in [-0.3, -0.25) is 0 Å². The van der Waals surface area contributed by atoms with E-state index in [-0.39, 0.29) is 0 Å². The molecular formula is C68H47N. The Kier molecular flexibility index (Phi) is 9.70. The van der Waals surface area contributed by atoms with Gasteiger partial charge in [0.15, 0.2) is 0 Å². The van der Waals surface area contributed by atoms with Gasteiger partial charge in [-0.25, -0.2) is 0 Å². The largest absolute Gasteiger partial charge is 0.310 e. The van der Waals surface area contributed by atoms with E-state index in [1.165, 1.54) is 72.3 Å². The molecule has 1 heteroatoms. The van der Waals surface area contributed by atoms with E-state index in [0.29, 0.717) is 0 Å². The van der Waals surface area contributed by atoms with Crippen LogP contribution in [0.5, 0.6) is 0 Å². The standard InChI is InChI=1S/C68H47N/c1-6-21-48(22-7-1)50-37-42-56(43-38-50)69(65-47-52(49-23-8-2-9-24-49)39-46-58(65)51-25-10-3-11-26-51)57-44-40-55(41-45-57)67(53-27-12-4-13-28-53)62-34-18-19-35-63(62)68(54-29-14-5-15-30-54)61-33-17-16-31-59(61)60-32-20-36-64(67)66(60)68/h1-47H. The van der Waals surface area contributed by atoms with Crippen molar-refractivity contribution in [2.45, 2.75) is 10.8 Å². The molecule has 69 heavy (non-hydrogen) atoms. The molecule has 0 aliphatic heterocycles. The van der Waals surface area contributed by atoms with E-state index < -0.39 is 10.8 Å². The van der Waals surface area contributed by atoms with Crippen molar-refractivity contribution in [1.82, 2.24) is 0 Å². The van der Waals surface area contributed by atoms with E-state index in [2.05, 4.69) is 290 Å². The molecule has 0 bridgehead atoms. The van der Waals surface area contributed by atoms with E-state index in [1.807, 2.05) is 0 Å². The van der Waals surface area contributed by atoms with Crippen molar-refractivity contribution in [1.29, 1.82) is 0 Å². The van der Waals surface area contributed by atoms with Crippen molar-refractivity contribution < 1.29 is 0 Å². The third kappa shape index (κ3) is 6.24. The Morgan fingerprint density at radius 1 is 0.232 bits per heavy atom. The maximum atomic E-state index is 2.45. The van der Waals surface area contributed by atoms with E-state index in [9.17, 15) is 0 Å². The van der Waals surface area contributed by atoms with Crippen LogP contribution in [-0.2, 0) is 10.8 Å². The first kappa shape index (κ1) is 40.5. The average Bonchev–Trinajstić information content (AvgIpc) is 3.75. The number of benzene rings is 11. The molecule has 324 valence electrons. The third-order valence-corrected chi connectivity index (χ3v) is 14.8. The Morgan fingerprint density at radius 3 is 1.25 bits per heavy atom. The molecular weight excluding hydrogens is 831 g/mol. The van der Waals surface area contributed by atoms with Gasteiger partial charge >= 0.3 is 0 Å². The molecule has 2 atom stereocenters. The summed E-state index contributed by atoms with van der Waals surface area (Å²) < 4.78 is 0. The zero-order chi connectivity index (χ0) is 45.8. The molecule has 0 amide bonds. The topological polar surface area (TPSA) is 3.24 Å². The smallest absolute Gasteiger partial charge is 0.0720 e. The number of hydrogen-bond donors (Lipinski definition) is 0. The molecule has 11 aromatic carbocycles. The van der Waals surface area contributed by atoms with Crippen LogP contribution in [0.25, 0.3) is 44.5 Å². The zero-order valence-corrected chi connectivity index (χ0v) is 38.1. The highest BCUT2D eigenvalue weighted by Gasteiger charge is 2.57. The SMILES string of the molecule is c1ccc(-c2ccc(N(c3ccc(C4(c5ccccc5)c5ccccc5C5(c6ccccc6)c6ccccc6-c6cccc4c65)cc3)c3cc(-c4ccccc4)ccc3-c3ccccc3)cc2)cc1. The fourth-order valence-electron chi connectivity index (χ4n) is 12.0. The minimum absolute atomic E-state index is 0.501. The quantitative estimate of drug-likeness (QED) is 0.140. The van der Waals surface area contributed by atoms with E-state index in [0.717, 1.165) is 33.8 Å². The first-order valence-electron chi connectivity index (χ1n) is 24.0. The first-order chi connectivity index (χ1) is 34.2. The van der Waals surface area contributed by atoms with Crippen LogP contribution in [0, 0.1) is 0 Å². The summed E-state index contributed by atoms with van der Waals surface area (Å²) in [6.07, 6.45) is 0. The molecule has 0 radical (unpaired) electrons. The highest BCUT2D eigenvalue weighted by atomic mass is 15.1. The van der Waals surface area contributed by atoms with Crippen LogP contribution >= 0.6 is 0 Å². The molecule has 11 aromatic rings. The van der Waals surface area contributed by atoms with Gasteiger partial charge in [-0.15, -0.1) is 0 Å². The van der Waals surface area contributed by atoms with Crippen LogP contribution in [0.15, 0.2) is 285 Å². The van der Waals surface area contributed by atoms with Crippen molar-refractivity contribution >= 4 is 17.1 Å². The minimum Gasteiger partial charge on any atom is -0.310 e. The summed E-state index contributed by atoms with van der Waals surface area (Å²) >= 11 is 0. The van der Waals surface area contributed by atoms with E-state index in [4.69, 9.17) is 0 Å². The van der Waals surface area contributed by atoms with Crippen LogP contribution in [0.1, 0.15) is 44.5 Å². The number of fused-ring (bicyclic) bond motifs is 5. The molecule has 2 aliphatic rings. The molecule has 0 aromatic heterocycles. The van der Waals surface area contributed by atoms with E-state index in [1.54, 1.807) is 0 Å². The summed E-state index contributed by atoms with van der Waals surface area (Å²) in [4.78, 5) is 2.45. The average molecular weight is 878 g/mol. The Bertz CT molecular complexity index is 3620. The highest BCUT2D eigenvalue weighted by Crippen LogP contribution is 2.65. The first-order valence-corrected chi connectivity index (χ1v) is 24.0. The van der Waals surface area contributed by atoms with Crippen LogP contribution in [-0.4, -0.2) is 0 Å². The molecule has 1 nitrogen and oxygen atoms in total. The number of nitrogens with zero attached hydrogens (tertiary/aromatic N) is 1. The van der Waals surface area contributed by atoms with Gasteiger partial charge in [0.25, 0.3) is 0 Å². The van der Waals surface area contributed by atoms with Crippen molar-refractivity contribution in [3.05, 3.63) is 330 Å². The molecule has 13 rings (SSSR count). The number of hydrogen-bond acceptors (Lipinski definition) is 1. The number of rotatable bonds is 9. The summed E-state index contributed by atoms with van der Waals surface area (Å²) in [5, 5.41) is 0. The summed E-state index contributed by atoms with van der Waals surface area (Å²) in [6, 6.07) is 106.